The quantitative estimate of drug-likeness (QED) is 0.785. The second-order valence-electron chi connectivity index (χ2n) is 5.48. The van der Waals surface area contributed by atoms with Crippen molar-refractivity contribution in [2.24, 2.45) is 0 Å². The number of nitrogens with one attached hydrogen (secondary N) is 1. The highest BCUT2D eigenvalue weighted by Crippen LogP contribution is 2.29. The predicted octanol–water partition coefficient (Wildman–Crippen LogP) is 1.68. The number of hydrogen-bond acceptors (Lipinski definition) is 7. The Balaban J connectivity index is 1.62. The zero-order valence-corrected chi connectivity index (χ0v) is 12.4. The standard InChI is InChI=1S/C14H17N7O/c1-2-10-19-12(20-22-10)9-4-3-5-21(6-9)14-11-13(16-7-15-11)17-8-18-14/h7-9H,2-6H2,1H3,(H,15,16,17,18). The fourth-order valence-electron chi connectivity index (χ4n) is 2.95. The first-order chi connectivity index (χ1) is 10.8. The van der Waals surface area contributed by atoms with E-state index in [-0.39, 0.29) is 5.92 Å². The first-order valence-corrected chi connectivity index (χ1v) is 7.56. The molecule has 1 aliphatic heterocycles. The first kappa shape index (κ1) is 13.2. The van der Waals surface area contributed by atoms with E-state index in [2.05, 4.69) is 35.0 Å². The lowest BCUT2D eigenvalue weighted by atomic mass is 9.97. The Morgan fingerprint density at radius 1 is 1.36 bits per heavy atom. The molecular weight excluding hydrogens is 282 g/mol. The summed E-state index contributed by atoms with van der Waals surface area (Å²) in [6.45, 7) is 3.80. The van der Waals surface area contributed by atoms with Crippen LogP contribution < -0.4 is 4.90 Å². The van der Waals surface area contributed by atoms with Gasteiger partial charge < -0.3 is 14.4 Å². The van der Waals surface area contributed by atoms with Crippen molar-refractivity contribution in [3.63, 3.8) is 0 Å². The van der Waals surface area contributed by atoms with Gasteiger partial charge in [0, 0.05) is 25.4 Å². The summed E-state index contributed by atoms with van der Waals surface area (Å²) in [5, 5.41) is 4.13. The van der Waals surface area contributed by atoms with Gasteiger partial charge in [-0.2, -0.15) is 4.98 Å². The number of nitrogens with zero attached hydrogens (tertiary/aromatic N) is 6. The number of rotatable bonds is 3. The van der Waals surface area contributed by atoms with E-state index >= 15 is 0 Å². The van der Waals surface area contributed by atoms with E-state index in [1.54, 1.807) is 12.7 Å². The van der Waals surface area contributed by atoms with Crippen LogP contribution in [0.2, 0.25) is 0 Å². The molecule has 0 saturated carbocycles. The zero-order chi connectivity index (χ0) is 14.9. The van der Waals surface area contributed by atoms with Gasteiger partial charge in [0.15, 0.2) is 17.3 Å². The molecule has 1 fully saturated rings. The molecule has 0 spiro atoms. The van der Waals surface area contributed by atoms with Crippen molar-refractivity contribution in [3.05, 3.63) is 24.4 Å². The molecule has 0 radical (unpaired) electrons. The lowest BCUT2D eigenvalue weighted by Crippen LogP contribution is -2.35. The molecule has 8 heteroatoms. The molecule has 4 heterocycles. The summed E-state index contributed by atoms with van der Waals surface area (Å²) in [5.41, 5.74) is 1.57. The third kappa shape index (κ3) is 2.20. The molecule has 1 saturated heterocycles. The van der Waals surface area contributed by atoms with Crippen LogP contribution in [0.15, 0.2) is 17.2 Å². The van der Waals surface area contributed by atoms with Crippen LogP contribution in [0, 0.1) is 0 Å². The van der Waals surface area contributed by atoms with Crippen molar-refractivity contribution < 1.29 is 4.52 Å². The number of hydrogen-bond donors (Lipinski definition) is 1. The van der Waals surface area contributed by atoms with E-state index in [4.69, 9.17) is 4.52 Å². The van der Waals surface area contributed by atoms with E-state index in [1.165, 1.54) is 0 Å². The molecule has 1 aliphatic rings. The molecule has 8 nitrogen and oxygen atoms in total. The maximum absolute atomic E-state index is 5.24. The number of aromatic amines is 1. The number of anilines is 1. The summed E-state index contributed by atoms with van der Waals surface area (Å²) in [6, 6.07) is 0. The van der Waals surface area contributed by atoms with E-state index in [0.717, 1.165) is 49.5 Å². The van der Waals surface area contributed by atoms with Gasteiger partial charge in [-0.3, -0.25) is 0 Å². The third-order valence-electron chi connectivity index (χ3n) is 4.08. The molecule has 4 rings (SSSR count). The molecule has 0 aromatic carbocycles. The molecule has 1 unspecified atom stereocenters. The third-order valence-corrected chi connectivity index (χ3v) is 4.08. The van der Waals surface area contributed by atoms with Crippen LogP contribution >= 0.6 is 0 Å². The minimum atomic E-state index is 0.269. The fourth-order valence-corrected chi connectivity index (χ4v) is 2.95. The van der Waals surface area contributed by atoms with Crippen LogP contribution in [-0.4, -0.2) is 43.2 Å². The Hall–Kier alpha value is -2.51. The largest absolute Gasteiger partial charge is 0.354 e. The number of imidazole rings is 1. The summed E-state index contributed by atoms with van der Waals surface area (Å²) < 4.78 is 5.24. The van der Waals surface area contributed by atoms with Crippen molar-refractivity contribution in [2.75, 3.05) is 18.0 Å². The Morgan fingerprint density at radius 2 is 2.32 bits per heavy atom. The first-order valence-electron chi connectivity index (χ1n) is 7.56. The Kier molecular flexibility index (Phi) is 3.21. The molecule has 114 valence electrons. The highest BCUT2D eigenvalue weighted by atomic mass is 16.5. The molecule has 3 aromatic heterocycles. The van der Waals surface area contributed by atoms with E-state index < -0.39 is 0 Å². The van der Waals surface area contributed by atoms with Gasteiger partial charge in [0.25, 0.3) is 0 Å². The summed E-state index contributed by atoms with van der Waals surface area (Å²) in [7, 11) is 0. The van der Waals surface area contributed by atoms with Crippen molar-refractivity contribution in [2.45, 2.75) is 32.1 Å². The normalized spacial score (nSPS) is 19.0. The number of aromatic nitrogens is 6. The number of H-pyrrole nitrogens is 1. The van der Waals surface area contributed by atoms with Crippen LogP contribution in [0.1, 0.15) is 37.4 Å². The molecule has 0 amide bonds. The van der Waals surface area contributed by atoms with Gasteiger partial charge in [-0.25, -0.2) is 15.0 Å². The number of piperidine rings is 1. The SMILES string of the molecule is CCc1nc(C2CCCN(c3ncnc4nc[nH]c34)C2)no1. The van der Waals surface area contributed by atoms with Gasteiger partial charge in [0.05, 0.1) is 6.33 Å². The van der Waals surface area contributed by atoms with Gasteiger partial charge in [-0.05, 0) is 12.8 Å². The molecule has 1 N–H and O–H groups in total. The summed E-state index contributed by atoms with van der Waals surface area (Å²) in [6.07, 6.45) is 6.11. The lowest BCUT2D eigenvalue weighted by molar-refractivity contribution is 0.368. The molecular formula is C14H17N7O. The van der Waals surface area contributed by atoms with Crippen LogP contribution in [0.25, 0.3) is 11.2 Å². The van der Waals surface area contributed by atoms with Crippen LogP contribution in [-0.2, 0) is 6.42 Å². The molecule has 1 atom stereocenters. The lowest BCUT2D eigenvalue weighted by Gasteiger charge is -2.32. The van der Waals surface area contributed by atoms with Crippen molar-refractivity contribution >= 4 is 17.0 Å². The number of fused-ring (bicyclic) bond motifs is 1. The minimum Gasteiger partial charge on any atom is -0.354 e. The Labute approximate surface area is 127 Å². The topological polar surface area (TPSA) is 96.6 Å². The van der Waals surface area contributed by atoms with Gasteiger partial charge in [0.2, 0.25) is 5.89 Å². The van der Waals surface area contributed by atoms with Gasteiger partial charge in [-0.1, -0.05) is 12.1 Å². The molecule has 0 aliphatic carbocycles. The van der Waals surface area contributed by atoms with Crippen LogP contribution in [0.3, 0.4) is 0 Å². The average Bonchev–Trinajstić information content (AvgIpc) is 3.23. The molecule has 22 heavy (non-hydrogen) atoms. The minimum absolute atomic E-state index is 0.269. The van der Waals surface area contributed by atoms with Gasteiger partial charge in [-0.15, -0.1) is 0 Å². The fraction of sp³-hybridized carbons (Fsp3) is 0.500. The summed E-state index contributed by atoms with van der Waals surface area (Å²) in [5.74, 6) is 2.67. The maximum Gasteiger partial charge on any atom is 0.226 e. The highest BCUT2D eigenvalue weighted by molar-refractivity contribution is 5.82. The van der Waals surface area contributed by atoms with Crippen LogP contribution in [0.4, 0.5) is 5.82 Å². The second-order valence-corrected chi connectivity index (χ2v) is 5.48. The van der Waals surface area contributed by atoms with Crippen LogP contribution in [0.5, 0.6) is 0 Å². The molecule has 3 aromatic rings. The van der Waals surface area contributed by atoms with E-state index in [1.807, 2.05) is 6.92 Å². The Bertz CT molecular complexity index is 780. The predicted molar refractivity (Wildman–Crippen MR) is 79.5 cm³/mol. The second kappa shape index (κ2) is 5.36. The van der Waals surface area contributed by atoms with Crippen molar-refractivity contribution in [1.82, 2.24) is 30.1 Å². The molecule has 0 bridgehead atoms. The maximum atomic E-state index is 5.24. The summed E-state index contributed by atoms with van der Waals surface area (Å²) in [4.78, 5) is 22.6. The van der Waals surface area contributed by atoms with Crippen molar-refractivity contribution in [1.29, 1.82) is 0 Å². The Morgan fingerprint density at radius 3 is 3.18 bits per heavy atom. The average molecular weight is 299 g/mol. The zero-order valence-electron chi connectivity index (χ0n) is 12.4. The highest BCUT2D eigenvalue weighted by Gasteiger charge is 2.27. The van der Waals surface area contributed by atoms with E-state index in [0.29, 0.717) is 11.5 Å². The number of aryl methyl sites for hydroxylation is 1. The van der Waals surface area contributed by atoms with Gasteiger partial charge >= 0.3 is 0 Å². The van der Waals surface area contributed by atoms with Crippen molar-refractivity contribution in [3.8, 4) is 0 Å². The van der Waals surface area contributed by atoms with Gasteiger partial charge in [0.1, 0.15) is 11.8 Å². The smallest absolute Gasteiger partial charge is 0.226 e. The summed E-state index contributed by atoms with van der Waals surface area (Å²) >= 11 is 0. The van der Waals surface area contributed by atoms with E-state index in [9.17, 15) is 0 Å². The monoisotopic (exact) mass is 299 g/mol.